The van der Waals surface area contributed by atoms with Gasteiger partial charge in [0.15, 0.2) is 0 Å². The lowest BCUT2D eigenvalue weighted by atomic mass is 10.3. The maximum Gasteiger partial charge on any atom is 0.265 e. The second-order valence-corrected chi connectivity index (χ2v) is 7.78. The van der Waals surface area contributed by atoms with E-state index in [1.807, 2.05) is 48.7 Å². The predicted molar refractivity (Wildman–Crippen MR) is 107 cm³/mol. The smallest absolute Gasteiger partial charge is 0.265 e. The highest BCUT2D eigenvalue weighted by molar-refractivity contribution is 8.00. The van der Waals surface area contributed by atoms with Crippen molar-refractivity contribution < 1.29 is 9.59 Å². The van der Waals surface area contributed by atoms with Crippen molar-refractivity contribution in [2.45, 2.75) is 17.1 Å². The van der Waals surface area contributed by atoms with Gasteiger partial charge in [-0.3, -0.25) is 9.59 Å². The van der Waals surface area contributed by atoms with Gasteiger partial charge in [0.05, 0.1) is 10.1 Å². The Labute approximate surface area is 159 Å². The van der Waals surface area contributed by atoms with Crippen LogP contribution in [0.25, 0.3) is 0 Å². The number of benzene rings is 1. The first-order chi connectivity index (χ1) is 12.6. The van der Waals surface area contributed by atoms with Crippen molar-refractivity contribution in [1.82, 2.24) is 4.98 Å². The predicted octanol–water partition coefficient (Wildman–Crippen LogP) is 4.51. The van der Waals surface area contributed by atoms with Crippen molar-refractivity contribution in [3.8, 4) is 0 Å². The van der Waals surface area contributed by atoms with Gasteiger partial charge in [-0.1, -0.05) is 12.1 Å². The minimum Gasteiger partial charge on any atom is -0.321 e. The van der Waals surface area contributed by atoms with Crippen molar-refractivity contribution in [2.75, 3.05) is 10.6 Å². The van der Waals surface area contributed by atoms with Crippen LogP contribution in [0.1, 0.15) is 16.6 Å². The standard InChI is InChI=1S/C19H17N3O2S2/c1-13(18(23)22-17-6-2-3-11-20-17)26-15-9-7-14(8-10-15)21-19(24)16-5-4-12-25-16/h2-13H,1H3,(H,21,24)(H,20,22,23). The minimum absolute atomic E-state index is 0.108. The van der Waals surface area contributed by atoms with E-state index in [1.165, 1.54) is 23.1 Å². The molecule has 5 nitrogen and oxygen atoms in total. The first-order valence-corrected chi connectivity index (χ1v) is 9.71. The first-order valence-electron chi connectivity index (χ1n) is 7.95. The second kappa shape index (κ2) is 8.64. The van der Waals surface area contributed by atoms with E-state index in [4.69, 9.17) is 0 Å². The van der Waals surface area contributed by atoms with Crippen molar-refractivity contribution >= 4 is 46.4 Å². The van der Waals surface area contributed by atoms with Crippen molar-refractivity contribution in [3.63, 3.8) is 0 Å². The van der Waals surface area contributed by atoms with E-state index in [9.17, 15) is 9.59 Å². The minimum atomic E-state index is -0.274. The number of hydrogen-bond acceptors (Lipinski definition) is 5. The number of anilines is 2. The lowest BCUT2D eigenvalue weighted by molar-refractivity contribution is -0.115. The fraction of sp³-hybridized carbons (Fsp3) is 0.105. The van der Waals surface area contributed by atoms with Gasteiger partial charge in [-0.25, -0.2) is 4.98 Å². The summed E-state index contributed by atoms with van der Waals surface area (Å²) in [4.78, 5) is 30.0. The molecule has 2 amide bonds. The van der Waals surface area contributed by atoms with Crippen molar-refractivity contribution in [3.05, 3.63) is 71.1 Å². The van der Waals surface area contributed by atoms with Crippen LogP contribution in [-0.4, -0.2) is 22.0 Å². The van der Waals surface area contributed by atoms with Crippen LogP contribution >= 0.6 is 23.1 Å². The highest BCUT2D eigenvalue weighted by Crippen LogP contribution is 2.25. The molecule has 3 rings (SSSR count). The van der Waals surface area contributed by atoms with Gasteiger partial charge in [-0.05, 0) is 54.8 Å². The Morgan fingerprint density at radius 2 is 1.85 bits per heavy atom. The molecule has 0 aliphatic heterocycles. The summed E-state index contributed by atoms with van der Waals surface area (Å²) in [6.45, 7) is 1.84. The van der Waals surface area contributed by atoms with Crippen molar-refractivity contribution in [2.24, 2.45) is 0 Å². The van der Waals surface area contributed by atoms with Crippen LogP contribution in [0, 0.1) is 0 Å². The lowest BCUT2D eigenvalue weighted by Crippen LogP contribution is -2.22. The fourth-order valence-corrected chi connectivity index (χ4v) is 3.63. The van der Waals surface area contributed by atoms with Crippen LogP contribution in [0.15, 0.2) is 71.1 Å². The van der Waals surface area contributed by atoms with Gasteiger partial charge in [-0.2, -0.15) is 0 Å². The average molecular weight is 383 g/mol. The number of aromatic nitrogens is 1. The average Bonchev–Trinajstić information content (AvgIpc) is 3.19. The number of nitrogens with one attached hydrogen (secondary N) is 2. The molecule has 7 heteroatoms. The Kier molecular flexibility index (Phi) is 6.04. The Balaban J connectivity index is 1.55. The van der Waals surface area contributed by atoms with Crippen LogP contribution in [0.3, 0.4) is 0 Å². The zero-order chi connectivity index (χ0) is 18.4. The van der Waals surface area contributed by atoms with Crippen LogP contribution in [0.5, 0.6) is 0 Å². The molecular weight excluding hydrogens is 366 g/mol. The van der Waals surface area contributed by atoms with Crippen LogP contribution in [-0.2, 0) is 4.79 Å². The van der Waals surface area contributed by atoms with E-state index in [-0.39, 0.29) is 17.1 Å². The summed E-state index contributed by atoms with van der Waals surface area (Å²) in [6, 6.07) is 16.4. The molecule has 2 heterocycles. The van der Waals surface area contributed by atoms with E-state index in [0.717, 1.165) is 10.6 Å². The number of rotatable bonds is 6. The SMILES string of the molecule is CC(Sc1ccc(NC(=O)c2cccs2)cc1)C(=O)Nc1ccccn1. The molecule has 0 aliphatic carbocycles. The zero-order valence-electron chi connectivity index (χ0n) is 14.0. The van der Waals surface area contributed by atoms with Gasteiger partial charge < -0.3 is 10.6 Å². The van der Waals surface area contributed by atoms with Gasteiger partial charge in [0.1, 0.15) is 5.82 Å². The summed E-state index contributed by atoms with van der Waals surface area (Å²) in [5.41, 5.74) is 0.721. The van der Waals surface area contributed by atoms with Gasteiger partial charge in [0.25, 0.3) is 5.91 Å². The molecule has 0 saturated heterocycles. The summed E-state index contributed by atoms with van der Waals surface area (Å²) in [6.07, 6.45) is 1.64. The molecule has 0 radical (unpaired) electrons. The molecule has 26 heavy (non-hydrogen) atoms. The highest BCUT2D eigenvalue weighted by atomic mass is 32.2. The fourth-order valence-electron chi connectivity index (χ4n) is 2.14. The molecule has 0 fully saturated rings. The zero-order valence-corrected chi connectivity index (χ0v) is 15.6. The number of hydrogen-bond donors (Lipinski definition) is 2. The number of nitrogens with zero attached hydrogens (tertiary/aromatic N) is 1. The molecule has 2 aromatic heterocycles. The third-order valence-electron chi connectivity index (χ3n) is 3.46. The molecule has 0 saturated carbocycles. The third-order valence-corrected chi connectivity index (χ3v) is 5.44. The molecule has 3 aromatic rings. The summed E-state index contributed by atoms with van der Waals surface area (Å²) in [7, 11) is 0. The largest absolute Gasteiger partial charge is 0.321 e. The molecule has 132 valence electrons. The number of pyridine rings is 1. The number of thioether (sulfide) groups is 1. The Bertz CT molecular complexity index is 866. The molecule has 1 unspecified atom stereocenters. The molecule has 1 aromatic carbocycles. The topological polar surface area (TPSA) is 71.1 Å². The highest BCUT2D eigenvalue weighted by Gasteiger charge is 2.15. The van der Waals surface area contributed by atoms with Crippen molar-refractivity contribution in [1.29, 1.82) is 0 Å². The van der Waals surface area contributed by atoms with E-state index in [0.29, 0.717) is 10.7 Å². The lowest BCUT2D eigenvalue weighted by Gasteiger charge is -2.12. The molecular formula is C19H17N3O2S2. The van der Waals surface area contributed by atoms with Gasteiger partial charge >= 0.3 is 0 Å². The number of thiophene rings is 1. The summed E-state index contributed by atoms with van der Waals surface area (Å²) >= 11 is 2.85. The van der Waals surface area contributed by atoms with E-state index in [2.05, 4.69) is 15.6 Å². The van der Waals surface area contributed by atoms with E-state index < -0.39 is 0 Å². The molecule has 0 spiro atoms. The van der Waals surface area contributed by atoms with Gasteiger partial charge in [0, 0.05) is 16.8 Å². The quantitative estimate of drug-likeness (QED) is 0.614. The summed E-state index contributed by atoms with van der Waals surface area (Å²) in [5, 5.41) is 7.24. The maximum atomic E-state index is 12.2. The van der Waals surface area contributed by atoms with Crippen LogP contribution < -0.4 is 10.6 Å². The van der Waals surface area contributed by atoms with Gasteiger partial charge in [-0.15, -0.1) is 23.1 Å². The van der Waals surface area contributed by atoms with Crippen LogP contribution in [0.4, 0.5) is 11.5 Å². The molecule has 0 aliphatic rings. The third kappa shape index (κ3) is 4.93. The molecule has 2 N–H and O–H groups in total. The number of carbonyl (C=O) groups is 2. The van der Waals surface area contributed by atoms with Gasteiger partial charge in [0.2, 0.25) is 5.91 Å². The molecule has 1 atom stereocenters. The Hall–Kier alpha value is -2.64. The normalized spacial score (nSPS) is 11.6. The maximum absolute atomic E-state index is 12.2. The summed E-state index contributed by atoms with van der Waals surface area (Å²) < 4.78 is 0. The number of amides is 2. The molecule has 0 bridgehead atoms. The Morgan fingerprint density at radius 1 is 1.04 bits per heavy atom. The second-order valence-electron chi connectivity index (χ2n) is 5.42. The first kappa shape index (κ1) is 18.2. The number of carbonyl (C=O) groups excluding carboxylic acids is 2. The van der Waals surface area contributed by atoms with E-state index in [1.54, 1.807) is 24.4 Å². The monoisotopic (exact) mass is 383 g/mol. The Morgan fingerprint density at radius 3 is 2.50 bits per heavy atom. The van der Waals surface area contributed by atoms with E-state index >= 15 is 0 Å². The summed E-state index contributed by atoms with van der Waals surface area (Å²) in [5.74, 6) is 0.309. The van der Waals surface area contributed by atoms with Crippen LogP contribution in [0.2, 0.25) is 0 Å².